The van der Waals surface area contributed by atoms with E-state index in [1.54, 1.807) is 13.0 Å². The number of nitrogens with zero attached hydrogens (tertiary/aromatic N) is 5. The summed E-state index contributed by atoms with van der Waals surface area (Å²) in [6.45, 7) is 5.30. The molecule has 1 aromatic heterocycles. The van der Waals surface area contributed by atoms with Gasteiger partial charge in [0.05, 0.1) is 11.5 Å². The van der Waals surface area contributed by atoms with Crippen LogP contribution < -0.4 is 4.90 Å². The molecule has 1 saturated heterocycles. The molecule has 0 atom stereocenters. The fourth-order valence-electron chi connectivity index (χ4n) is 3.14. The molecule has 3 rings (SSSR count). The standard InChI is InChI=1S/C16H21N5O5S/c1-12-17-16(18-26-12)11-19-6-3-7-20(9-8-19)13-4-5-14(21(22)23)15(10-13)27(2,24)25/h4-5,10H,3,6-9,11H2,1-2H3. The molecule has 27 heavy (non-hydrogen) atoms. The molecule has 2 heterocycles. The van der Waals surface area contributed by atoms with Crippen molar-refractivity contribution in [3.63, 3.8) is 0 Å². The lowest BCUT2D eigenvalue weighted by molar-refractivity contribution is -0.387. The monoisotopic (exact) mass is 395 g/mol. The van der Waals surface area contributed by atoms with Crippen LogP contribution >= 0.6 is 0 Å². The minimum absolute atomic E-state index is 0.256. The molecule has 1 aliphatic rings. The van der Waals surface area contributed by atoms with E-state index in [2.05, 4.69) is 15.0 Å². The zero-order chi connectivity index (χ0) is 19.6. The third kappa shape index (κ3) is 4.61. The number of hydrogen-bond donors (Lipinski definition) is 0. The average molecular weight is 395 g/mol. The van der Waals surface area contributed by atoms with Gasteiger partial charge < -0.3 is 9.42 Å². The maximum absolute atomic E-state index is 12.0. The molecule has 1 aliphatic heterocycles. The van der Waals surface area contributed by atoms with Gasteiger partial charge in [0.2, 0.25) is 5.89 Å². The molecule has 0 N–H and O–H groups in total. The Morgan fingerprint density at radius 3 is 2.67 bits per heavy atom. The molecule has 0 aliphatic carbocycles. The van der Waals surface area contributed by atoms with Gasteiger partial charge in [0.15, 0.2) is 15.7 Å². The predicted octanol–water partition coefficient (Wildman–Crippen LogP) is 1.40. The van der Waals surface area contributed by atoms with E-state index in [0.29, 0.717) is 30.5 Å². The number of nitro benzene ring substituents is 1. The minimum Gasteiger partial charge on any atom is -0.370 e. The fraction of sp³-hybridized carbons (Fsp3) is 0.500. The normalized spacial score (nSPS) is 16.3. The van der Waals surface area contributed by atoms with Crippen molar-refractivity contribution in [1.29, 1.82) is 0 Å². The number of benzene rings is 1. The number of aromatic nitrogens is 2. The van der Waals surface area contributed by atoms with Crippen molar-refractivity contribution in [3.8, 4) is 0 Å². The Kier molecular flexibility index (Phi) is 5.42. The van der Waals surface area contributed by atoms with Crippen LogP contribution in [0.15, 0.2) is 27.6 Å². The van der Waals surface area contributed by atoms with Crippen LogP contribution in [0.2, 0.25) is 0 Å². The first-order valence-electron chi connectivity index (χ1n) is 8.49. The van der Waals surface area contributed by atoms with Crippen molar-refractivity contribution in [2.24, 2.45) is 0 Å². The Labute approximate surface area is 156 Å². The van der Waals surface area contributed by atoms with Gasteiger partial charge in [-0.2, -0.15) is 4.98 Å². The summed E-state index contributed by atoms with van der Waals surface area (Å²) >= 11 is 0. The molecule has 0 radical (unpaired) electrons. The van der Waals surface area contributed by atoms with Gasteiger partial charge in [-0.15, -0.1) is 0 Å². The van der Waals surface area contributed by atoms with Crippen LogP contribution in [0.1, 0.15) is 18.1 Å². The van der Waals surface area contributed by atoms with E-state index in [9.17, 15) is 18.5 Å². The van der Waals surface area contributed by atoms with E-state index >= 15 is 0 Å². The molecule has 0 spiro atoms. The predicted molar refractivity (Wildman–Crippen MR) is 97.3 cm³/mol. The van der Waals surface area contributed by atoms with Crippen molar-refractivity contribution < 1.29 is 17.9 Å². The highest BCUT2D eigenvalue weighted by Crippen LogP contribution is 2.29. The summed E-state index contributed by atoms with van der Waals surface area (Å²) in [4.78, 5) is 18.7. The molecule has 1 fully saturated rings. The second kappa shape index (κ2) is 7.61. The third-order valence-electron chi connectivity index (χ3n) is 4.43. The highest BCUT2D eigenvalue weighted by atomic mass is 32.2. The van der Waals surface area contributed by atoms with Crippen molar-refractivity contribution in [2.75, 3.05) is 37.3 Å². The summed E-state index contributed by atoms with van der Waals surface area (Å²) < 4.78 is 28.9. The van der Waals surface area contributed by atoms with Crippen LogP contribution in [0.4, 0.5) is 11.4 Å². The minimum atomic E-state index is -3.70. The van der Waals surface area contributed by atoms with Crippen molar-refractivity contribution >= 4 is 21.2 Å². The molecular formula is C16H21N5O5S. The molecule has 11 heteroatoms. The molecule has 146 valence electrons. The van der Waals surface area contributed by atoms with Crippen molar-refractivity contribution in [1.82, 2.24) is 15.0 Å². The molecule has 0 bridgehead atoms. The summed E-state index contributed by atoms with van der Waals surface area (Å²) in [6, 6.07) is 4.26. The topological polar surface area (TPSA) is 123 Å². The van der Waals surface area contributed by atoms with Gasteiger partial charge in [-0.3, -0.25) is 15.0 Å². The van der Waals surface area contributed by atoms with E-state index in [1.807, 2.05) is 4.90 Å². The van der Waals surface area contributed by atoms with Gasteiger partial charge in [-0.05, 0) is 18.6 Å². The Morgan fingerprint density at radius 2 is 2.04 bits per heavy atom. The first-order valence-corrected chi connectivity index (χ1v) is 10.4. The molecule has 2 aromatic rings. The van der Waals surface area contributed by atoms with Crippen LogP contribution in [-0.4, -0.2) is 60.8 Å². The summed E-state index contributed by atoms with van der Waals surface area (Å²) in [5.74, 6) is 1.16. The summed E-state index contributed by atoms with van der Waals surface area (Å²) in [6.07, 6.45) is 1.85. The molecule has 10 nitrogen and oxygen atoms in total. The maximum atomic E-state index is 12.0. The first-order chi connectivity index (χ1) is 12.7. The number of sulfone groups is 1. The van der Waals surface area contributed by atoms with Crippen molar-refractivity contribution in [2.45, 2.75) is 24.8 Å². The lowest BCUT2D eigenvalue weighted by Gasteiger charge is -2.23. The Bertz CT molecular complexity index is 942. The van der Waals surface area contributed by atoms with Gasteiger partial charge in [0.25, 0.3) is 5.69 Å². The smallest absolute Gasteiger partial charge is 0.288 e. The van der Waals surface area contributed by atoms with Crippen LogP contribution in [0.5, 0.6) is 0 Å². The summed E-state index contributed by atoms with van der Waals surface area (Å²) in [5, 5.41) is 15.0. The van der Waals surface area contributed by atoms with Crippen LogP contribution in [0.25, 0.3) is 0 Å². The SMILES string of the molecule is Cc1nc(CN2CCCN(c3ccc([N+](=O)[O-])c(S(C)(=O)=O)c3)CC2)no1. The summed E-state index contributed by atoms with van der Waals surface area (Å²) in [5.41, 5.74) is 0.267. The molecule has 0 amide bonds. The molecule has 0 saturated carbocycles. The van der Waals surface area contributed by atoms with E-state index in [0.717, 1.165) is 32.3 Å². The maximum Gasteiger partial charge on any atom is 0.288 e. The van der Waals surface area contributed by atoms with Gasteiger partial charge in [-0.1, -0.05) is 5.16 Å². The number of hydrogen-bond acceptors (Lipinski definition) is 9. The Morgan fingerprint density at radius 1 is 1.26 bits per heavy atom. The lowest BCUT2D eigenvalue weighted by Crippen LogP contribution is -2.30. The third-order valence-corrected chi connectivity index (χ3v) is 5.55. The quantitative estimate of drug-likeness (QED) is 0.546. The second-order valence-electron chi connectivity index (χ2n) is 6.53. The van der Waals surface area contributed by atoms with E-state index < -0.39 is 20.4 Å². The van der Waals surface area contributed by atoms with Gasteiger partial charge >= 0.3 is 0 Å². The lowest BCUT2D eigenvalue weighted by atomic mass is 10.2. The zero-order valence-electron chi connectivity index (χ0n) is 15.2. The number of rotatable bonds is 5. The van der Waals surface area contributed by atoms with E-state index in [1.165, 1.54) is 12.1 Å². The van der Waals surface area contributed by atoms with Crippen molar-refractivity contribution in [3.05, 3.63) is 40.0 Å². The van der Waals surface area contributed by atoms with Gasteiger partial charge in [-0.25, -0.2) is 8.42 Å². The Balaban J connectivity index is 1.76. The van der Waals surface area contributed by atoms with Crippen LogP contribution in [0, 0.1) is 17.0 Å². The number of aryl methyl sites for hydroxylation is 1. The number of nitro groups is 1. The molecular weight excluding hydrogens is 374 g/mol. The highest BCUT2D eigenvalue weighted by Gasteiger charge is 2.25. The average Bonchev–Trinajstić information content (AvgIpc) is 2.87. The largest absolute Gasteiger partial charge is 0.370 e. The first kappa shape index (κ1) is 19.2. The Hall–Kier alpha value is -2.53. The molecule has 1 aromatic carbocycles. The van der Waals surface area contributed by atoms with E-state index in [-0.39, 0.29) is 4.90 Å². The number of anilines is 1. The fourth-order valence-corrected chi connectivity index (χ4v) is 4.00. The van der Waals surface area contributed by atoms with Crippen LogP contribution in [0.3, 0.4) is 0 Å². The zero-order valence-corrected chi connectivity index (χ0v) is 16.0. The van der Waals surface area contributed by atoms with Crippen LogP contribution in [-0.2, 0) is 16.4 Å². The molecule has 0 unspecified atom stereocenters. The highest BCUT2D eigenvalue weighted by molar-refractivity contribution is 7.90. The van der Waals surface area contributed by atoms with Gasteiger partial charge in [0, 0.05) is 51.1 Å². The second-order valence-corrected chi connectivity index (χ2v) is 8.51. The van der Waals surface area contributed by atoms with Gasteiger partial charge in [0.1, 0.15) is 4.90 Å². The van der Waals surface area contributed by atoms with E-state index in [4.69, 9.17) is 4.52 Å². The summed E-state index contributed by atoms with van der Waals surface area (Å²) in [7, 11) is -3.70.